The summed E-state index contributed by atoms with van der Waals surface area (Å²) in [4.78, 5) is 53.0. The molecule has 10 nitrogen and oxygen atoms in total. The molecule has 0 saturated carbocycles. The van der Waals surface area contributed by atoms with Gasteiger partial charge >= 0.3 is 11.9 Å². The smallest absolute Gasteiger partial charge is 0.347 e. The van der Waals surface area contributed by atoms with Crippen molar-refractivity contribution in [2.24, 2.45) is 17.8 Å². The number of halogens is 2. The van der Waals surface area contributed by atoms with Crippen molar-refractivity contribution >= 4 is 47.0 Å². The van der Waals surface area contributed by atoms with E-state index in [0.29, 0.717) is 21.9 Å². The molecule has 2 aromatic carbocycles. The van der Waals surface area contributed by atoms with Crippen molar-refractivity contribution in [3.63, 3.8) is 0 Å². The molecule has 7 atom stereocenters. The monoisotopic (exact) mass is 690 g/mol. The first kappa shape index (κ1) is 37.9. The molecule has 47 heavy (non-hydrogen) atoms. The minimum atomic E-state index is -1.21. The molecular weight excluding hydrogens is 647 g/mol. The molecule has 0 aliphatic carbocycles. The SMILES string of the molecule is COc1ccc(C[C@H]2NC(=O)/C=C/C[C@@H]([C@H](C)[C@@H](Cl)[C@H](O)c3ccccc3)OC(=O)[C@H](CC(C)C)OC(=O)[C@H](C)CNC2=O)cc1Cl. The number of alkyl halides is 1. The van der Waals surface area contributed by atoms with Crippen molar-refractivity contribution < 1.29 is 38.5 Å². The standard InChI is InChI=1S/C35H44Cl2N2O8/c1-20(2)16-29-35(44)46-27(22(4)31(37)32(41)24-10-7-6-8-11-24)12-9-13-30(40)39-26(33(42)38-19-21(3)34(43)47-29)18-23-14-15-28(45-5)25(36)17-23/h6-11,13-15,17,20-22,26-27,29,31-32,41H,12,16,18-19H2,1-5H3,(H,38,42)(H,39,40)/b13-9+/t21-,22+,26-,27+,29+,31-,32-/m1/s1. The third-order valence-electron chi connectivity index (χ3n) is 7.92. The number of nitrogens with one attached hydrogen (secondary N) is 2. The Kier molecular flexibility index (Phi) is 14.6. The molecule has 0 saturated heterocycles. The highest BCUT2D eigenvalue weighted by Gasteiger charge is 2.36. The number of rotatable bonds is 9. The molecule has 1 aliphatic rings. The summed E-state index contributed by atoms with van der Waals surface area (Å²) in [6.07, 6.45) is -0.0588. The summed E-state index contributed by atoms with van der Waals surface area (Å²) in [5.41, 5.74) is 1.27. The molecule has 12 heteroatoms. The van der Waals surface area contributed by atoms with Gasteiger partial charge in [0.05, 0.1) is 29.5 Å². The maximum absolute atomic E-state index is 13.5. The van der Waals surface area contributed by atoms with Crippen LogP contribution in [-0.4, -0.2) is 66.1 Å². The maximum atomic E-state index is 13.5. The van der Waals surface area contributed by atoms with E-state index in [0.717, 1.165) is 0 Å². The summed E-state index contributed by atoms with van der Waals surface area (Å²) in [7, 11) is 1.49. The fraction of sp³-hybridized carbons (Fsp3) is 0.486. The van der Waals surface area contributed by atoms with Crippen LogP contribution in [0.15, 0.2) is 60.7 Å². The fourth-order valence-corrected chi connectivity index (χ4v) is 5.66. The Morgan fingerprint density at radius 3 is 2.36 bits per heavy atom. The Balaban J connectivity index is 1.92. The van der Waals surface area contributed by atoms with Crippen molar-refractivity contribution in [1.29, 1.82) is 0 Å². The van der Waals surface area contributed by atoms with Gasteiger partial charge in [-0.3, -0.25) is 14.4 Å². The average Bonchev–Trinajstić information content (AvgIpc) is 3.04. The largest absolute Gasteiger partial charge is 0.495 e. The van der Waals surface area contributed by atoms with Gasteiger partial charge in [0.25, 0.3) is 0 Å². The molecule has 2 aromatic rings. The van der Waals surface area contributed by atoms with Gasteiger partial charge in [-0.2, -0.15) is 0 Å². The molecule has 3 rings (SSSR count). The Morgan fingerprint density at radius 1 is 1.02 bits per heavy atom. The van der Waals surface area contributed by atoms with Gasteiger partial charge in [-0.1, -0.05) is 81.8 Å². The molecule has 0 radical (unpaired) electrons. The number of methoxy groups -OCH3 is 1. The summed E-state index contributed by atoms with van der Waals surface area (Å²) < 4.78 is 16.8. The van der Waals surface area contributed by atoms with E-state index in [-0.39, 0.29) is 31.7 Å². The number of ether oxygens (including phenoxy) is 3. The number of amides is 2. The first-order valence-electron chi connectivity index (χ1n) is 15.7. The summed E-state index contributed by atoms with van der Waals surface area (Å²) >= 11 is 13.0. The predicted molar refractivity (Wildman–Crippen MR) is 179 cm³/mol. The van der Waals surface area contributed by atoms with Crippen LogP contribution in [0.2, 0.25) is 5.02 Å². The lowest BCUT2D eigenvalue weighted by Crippen LogP contribution is -2.49. The van der Waals surface area contributed by atoms with E-state index in [9.17, 15) is 24.3 Å². The lowest BCUT2D eigenvalue weighted by atomic mass is 9.91. The van der Waals surface area contributed by atoms with Gasteiger partial charge in [-0.15, -0.1) is 11.6 Å². The van der Waals surface area contributed by atoms with Crippen molar-refractivity contribution in [3.8, 4) is 5.75 Å². The zero-order valence-corrected chi connectivity index (χ0v) is 28.8. The second kappa shape index (κ2) is 18.1. The van der Waals surface area contributed by atoms with Crippen LogP contribution in [0.4, 0.5) is 0 Å². The number of carbonyl (C=O) groups excluding carboxylic acids is 4. The Labute approximate surface area is 286 Å². The summed E-state index contributed by atoms with van der Waals surface area (Å²) in [6, 6.07) is 12.9. The number of cyclic esters (lactones) is 2. The minimum absolute atomic E-state index is 0.0201. The van der Waals surface area contributed by atoms with Gasteiger partial charge in [-0.05, 0) is 41.7 Å². The van der Waals surface area contributed by atoms with E-state index in [2.05, 4.69) is 10.6 Å². The van der Waals surface area contributed by atoms with E-state index in [4.69, 9.17) is 37.4 Å². The lowest BCUT2D eigenvalue weighted by molar-refractivity contribution is -0.176. The topological polar surface area (TPSA) is 140 Å². The highest BCUT2D eigenvalue weighted by Crippen LogP contribution is 2.31. The van der Waals surface area contributed by atoms with Crippen LogP contribution in [0.3, 0.4) is 0 Å². The number of esters is 2. The van der Waals surface area contributed by atoms with Crippen LogP contribution < -0.4 is 15.4 Å². The lowest BCUT2D eigenvalue weighted by Gasteiger charge is -2.31. The number of carbonyl (C=O) groups is 4. The van der Waals surface area contributed by atoms with Crippen LogP contribution in [0.1, 0.15) is 57.8 Å². The zero-order valence-electron chi connectivity index (χ0n) is 27.3. The third kappa shape index (κ3) is 11.3. The Morgan fingerprint density at radius 2 is 1.72 bits per heavy atom. The van der Waals surface area contributed by atoms with Gasteiger partial charge < -0.3 is 30.0 Å². The van der Waals surface area contributed by atoms with Crippen molar-refractivity contribution in [2.45, 2.75) is 76.7 Å². The highest BCUT2D eigenvalue weighted by atomic mass is 35.5. The van der Waals surface area contributed by atoms with E-state index in [1.165, 1.54) is 19.3 Å². The number of benzene rings is 2. The highest BCUT2D eigenvalue weighted by molar-refractivity contribution is 6.32. The van der Waals surface area contributed by atoms with Gasteiger partial charge in [0.15, 0.2) is 6.10 Å². The molecule has 0 fully saturated rings. The van der Waals surface area contributed by atoms with E-state index in [1.807, 2.05) is 19.9 Å². The van der Waals surface area contributed by atoms with Gasteiger partial charge in [0.1, 0.15) is 17.9 Å². The molecule has 256 valence electrons. The molecule has 1 heterocycles. The molecule has 3 N–H and O–H groups in total. The summed E-state index contributed by atoms with van der Waals surface area (Å²) in [5, 5.41) is 15.9. The number of hydrogen-bond donors (Lipinski definition) is 3. The first-order chi connectivity index (χ1) is 22.3. The van der Waals surface area contributed by atoms with Gasteiger partial charge in [0, 0.05) is 25.3 Å². The maximum Gasteiger partial charge on any atom is 0.347 e. The third-order valence-corrected chi connectivity index (χ3v) is 8.85. The van der Waals surface area contributed by atoms with Gasteiger partial charge in [-0.25, -0.2) is 4.79 Å². The van der Waals surface area contributed by atoms with Crippen LogP contribution in [0.5, 0.6) is 5.75 Å². The molecule has 0 aromatic heterocycles. The first-order valence-corrected chi connectivity index (χ1v) is 16.5. The van der Waals surface area contributed by atoms with Crippen LogP contribution in [0, 0.1) is 17.8 Å². The quantitative estimate of drug-likeness (QED) is 0.249. The summed E-state index contributed by atoms with van der Waals surface area (Å²) in [5.74, 6) is -3.51. The van der Waals surface area contributed by atoms with E-state index < -0.39 is 65.3 Å². The normalized spacial score (nSPS) is 24.3. The predicted octanol–water partition coefficient (Wildman–Crippen LogP) is 4.93. The Hall–Kier alpha value is -3.60. The minimum Gasteiger partial charge on any atom is -0.495 e. The van der Waals surface area contributed by atoms with Crippen LogP contribution in [-0.2, 0) is 35.1 Å². The second-order valence-corrected chi connectivity index (χ2v) is 13.1. The number of aliphatic hydroxyl groups excluding tert-OH is 1. The molecule has 2 amide bonds. The second-order valence-electron chi connectivity index (χ2n) is 12.2. The van der Waals surface area contributed by atoms with Crippen LogP contribution in [0.25, 0.3) is 0 Å². The molecule has 0 unspecified atom stereocenters. The van der Waals surface area contributed by atoms with Crippen LogP contribution >= 0.6 is 23.2 Å². The van der Waals surface area contributed by atoms with Crippen molar-refractivity contribution in [1.82, 2.24) is 10.6 Å². The molecular formula is C35H44Cl2N2O8. The van der Waals surface area contributed by atoms with Crippen molar-refractivity contribution in [3.05, 3.63) is 76.8 Å². The zero-order chi connectivity index (χ0) is 34.7. The fourth-order valence-electron chi connectivity index (χ4n) is 5.07. The Bertz CT molecular complexity index is 1400. The number of hydrogen-bond acceptors (Lipinski definition) is 8. The van der Waals surface area contributed by atoms with E-state index >= 15 is 0 Å². The molecule has 0 bridgehead atoms. The van der Waals surface area contributed by atoms with Crippen molar-refractivity contribution in [2.75, 3.05) is 13.7 Å². The summed E-state index contributed by atoms with van der Waals surface area (Å²) in [6.45, 7) is 6.97. The molecule has 0 spiro atoms. The van der Waals surface area contributed by atoms with Gasteiger partial charge in [0.2, 0.25) is 11.8 Å². The average molecular weight is 692 g/mol. The number of aliphatic hydroxyl groups is 1. The molecule has 1 aliphatic heterocycles. The van der Waals surface area contributed by atoms with E-state index in [1.54, 1.807) is 56.3 Å².